The first-order valence-electron chi connectivity index (χ1n) is 8.90. The van der Waals surface area contributed by atoms with Gasteiger partial charge in [-0.05, 0) is 48.4 Å². The van der Waals surface area contributed by atoms with Gasteiger partial charge in [-0.1, -0.05) is 0 Å². The summed E-state index contributed by atoms with van der Waals surface area (Å²) >= 11 is 0. The largest absolute Gasteiger partial charge is 0.419 e. The number of rotatable bonds is 4. The standard InChI is InChI=1S/C18H17F4N3O3/c19-13-6-10-8-25(7-9(10)5-12(13)18(20,21)22)14(26)3-4-17(11-1-2-11)15(27)23-16(28)24-17/h5-6,11H,1-4,7-8H2,(H2,23,24,27,28)/t17-/m0/s1. The summed E-state index contributed by atoms with van der Waals surface area (Å²) in [6.07, 6.45) is -3.19. The van der Waals surface area contributed by atoms with Crippen LogP contribution in [0.1, 0.15) is 42.4 Å². The van der Waals surface area contributed by atoms with Crippen LogP contribution in [0.15, 0.2) is 12.1 Å². The van der Waals surface area contributed by atoms with Crippen LogP contribution in [0.3, 0.4) is 0 Å². The molecule has 4 amide bonds. The number of imide groups is 1. The highest BCUT2D eigenvalue weighted by Gasteiger charge is 2.55. The van der Waals surface area contributed by atoms with Gasteiger partial charge in [0, 0.05) is 19.5 Å². The van der Waals surface area contributed by atoms with Crippen molar-refractivity contribution in [2.24, 2.45) is 5.92 Å². The van der Waals surface area contributed by atoms with Crippen molar-refractivity contribution in [3.63, 3.8) is 0 Å². The molecule has 1 aromatic carbocycles. The zero-order valence-electron chi connectivity index (χ0n) is 14.7. The molecule has 1 aliphatic carbocycles. The van der Waals surface area contributed by atoms with E-state index in [9.17, 15) is 31.9 Å². The molecule has 2 heterocycles. The van der Waals surface area contributed by atoms with E-state index in [1.807, 2.05) is 0 Å². The van der Waals surface area contributed by atoms with Crippen molar-refractivity contribution in [2.45, 2.75) is 50.5 Å². The second kappa shape index (κ2) is 6.18. The highest BCUT2D eigenvalue weighted by molar-refractivity contribution is 6.07. The van der Waals surface area contributed by atoms with E-state index < -0.39 is 35.0 Å². The van der Waals surface area contributed by atoms with E-state index in [1.54, 1.807) is 0 Å². The van der Waals surface area contributed by atoms with Crippen molar-refractivity contribution >= 4 is 17.8 Å². The van der Waals surface area contributed by atoms with Gasteiger partial charge < -0.3 is 10.2 Å². The van der Waals surface area contributed by atoms with E-state index in [4.69, 9.17) is 0 Å². The Balaban J connectivity index is 1.45. The molecule has 3 aliphatic rings. The van der Waals surface area contributed by atoms with Gasteiger partial charge in [-0.25, -0.2) is 9.18 Å². The third kappa shape index (κ3) is 3.10. The van der Waals surface area contributed by atoms with E-state index in [0.29, 0.717) is 5.56 Å². The fourth-order valence-electron chi connectivity index (χ4n) is 4.03. The zero-order valence-corrected chi connectivity index (χ0v) is 14.7. The van der Waals surface area contributed by atoms with Crippen LogP contribution in [0.5, 0.6) is 0 Å². The Bertz CT molecular complexity index is 882. The summed E-state index contributed by atoms with van der Waals surface area (Å²) in [6.45, 7) is -0.0370. The molecule has 150 valence electrons. The predicted octanol–water partition coefficient (Wildman–Crippen LogP) is 2.46. The number of benzene rings is 1. The van der Waals surface area contributed by atoms with Gasteiger partial charge in [0.05, 0.1) is 5.56 Å². The molecule has 0 spiro atoms. The van der Waals surface area contributed by atoms with Gasteiger partial charge in [-0.2, -0.15) is 13.2 Å². The maximum Gasteiger partial charge on any atom is 0.419 e. The molecule has 2 aliphatic heterocycles. The number of hydrogen-bond acceptors (Lipinski definition) is 3. The van der Waals surface area contributed by atoms with E-state index in [1.165, 1.54) is 4.90 Å². The fourth-order valence-corrected chi connectivity index (χ4v) is 4.03. The van der Waals surface area contributed by atoms with Crippen molar-refractivity contribution in [2.75, 3.05) is 0 Å². The first-order valence-corrected chi connectivity index (χ1v) is 8.90. The Morgan fingerprint density at radius 2 is 1.82 bits per heavy atom. The van der Waals surface area contributed by atoms with Crippen molar-refractivity contribution in [1.29, 1.82) is 0 Å². The number of carbonyl (C=O) groups excluding carboxylic acids is 3. The van der Waals surface area contributed by atoms with Crippen molar-refractivity contribution < 1.29 is 31.9 Å². The van der Waals surface area contributed by atoms with Crippen LogP contribution in [0.25, 0.3) is 0 Å². The number of nitrogens with zero attached hydrogens (tertiary/aromatic N) is 1. The zero-order chi connectivity index (χ0) is 20.3. The topological polar surface area (TPSA) is 78.5 Å². The van der Waals surface area contributed by atoms with Gasteiger partial charge in [0.1, 0.15) is 11.4 Å². The number of nitrogens with one attached hydrogen (secondary N) is 2. The lowest BCUT2D eigenvalue weighted by Crippen LogP contribution is -2.49. The fraction of sp³-hybridized carbons (Fsp3) is 0.500. The number of amides is 4. The molecule has 4 rings (SSSR count). The quantitative estimate of drug-likeness (QED) is 0.603. The first kappa shape index (κ1) is 18.7. The van der Waals surface area contributed by atoms with Crippen LogP contribution in [-0.2, 0) is 28.9 Å². The average molecular weight is 399 g/mol. The predicted molar refractivity (Wildman–Crippen MR) is 87.0 cm³/mol. The number of halogens is 4. The number of alkyl halides is 3. The smallest absolute Gasteiger partial charge is 0.334 e. The van der Waals surface area contributed by atoms with Crippen molar-refractivity contribution in [3.8, 4) is 0 Å². The van der Waals surface area contributed by atoms with Gasteiger partial charge in [-0.3, -0.25) is 14.9 Å². The summed E-state index contributed by atoms with van der Waals surface area (Å²) in [4.78, 5) is 37.6. The molecule has 1 atom stereocenters. The first-order chi connectivity index (χ1) is 13.1. The van der Waals surface area contributed by atoms with Gasteiger partial charge >= 0.3 is 12.2 Å². The van der Waals surface area contributed by atoms with E-state index >= 15 is 0 Å². The van der Waals surface area contributed by atoms with Crippen LogP contribution in [0.2, 0.25) is 0 Å². The molecule has 6 nitrogen and oxygen atoms in total. The minimum absolute atomic E-state index is 0.0121. The Morgan fingerprint density at radius 3 is 2.36 bits per heavy atom. The van der Waals surface area contributed by atoms with E-state index in [0.717, 1.165) is 25.0 Å². The monoisotopic (exact) mass is 399 g/mol. The van der Waals surface area contributed by atoms with Crippen LogP contribution in [0, 0.1) is 11.7 Å². The number of urea groups is 1. The number of carbonyl (C=O) groups is 3. The maximum atomic E-state index is 13.7. The summed E-state index contributed by atoms with van der Waals surface area (Å²) in [5.74, 6) is -2.20. The molecular formula is C18H17F4N3O3. The van der Waals surface area contributed by atoms with Gasteiger partial charge in [-0.15, -0.1) is 0 Å². The summed E-state index contributed by atoms with van der Waals surface area (Å²) in [5, 5.41) is 4.83. The highest BCUT2D eigenvalue weighted by Crippen LogP contribution is 2.44. The maximum absolute atomic E-state index is 13.7. The molecule has 1 saturated heterocycles. The molecule has 28 heavy (non-hydrogen) atoms. The minimum atomic E-state index is -4.80. The highest BCUT2D eigenvalue weighted by atomic mass is 19.4. The van der Waals surface area contributed by atoms with E-state index in [2.05, 4.69) is 10.6 Å². The molecule has 0 aromatic heterocycles. The summed E-state index contributed by atoms with van der Waals surface area (Å²) in [6, 6.07) is 0.976. The summed E-state index contributed by atoms with van der Waals surface area (Å²) < 4.78 is 52.3. The number of hydrogen-bond donors (Lipinski definition) is 2. The molecule has 2 N–H and O–H groups in total. The Labute approximate surface area is 157 Å². The molecule has 0 unspecified atom stereocenters. The van der Waals surface area contributed by atoms with E-state index in [-0.39, 0.29) is 43.3 Å². The van der Waals surface area contributed by atoms with Gasteiger partial charge in [0.2, 0.25) is 5.91 Å². The van der Waals surface area contributed by atoms with Gasteiger partial charge in [0.15, 0.2) is 0 Å². The average Bonchev–Trinajstić information content (AvgIpc) is 3.30. The van der Waals surface area contributed by atoms with Crippen LogP contribution >= 0.6 is 0 Å². The normalized spacial score (nSPS) is 24.2. The van der Waals surface area contributed by atoms with Crippen LogP contribution < -0.4 is 10.6 Å². The third-order valence-corrected chi connectivity index (χ3v) is 5.65. The summed E-state index contributed by atoms with van der Waals surface area (Å²) in [5.41, 5.74) is -1.86. The molecule has 0 bridgehead atoms. The van der Waals surface area contributed by atoms with Crippen LogP contribution in [0.4, 0.5) is 22.4 Å². The molecule has 2 fully saturated rings. The number of fused-ring (bicyclic) bond motifs is 1. The second-order valence-electron chi connectivity index (χ2n) is 7.50. The Morgan fingerprint density at radius 1 is 1.18 bits per heavy atom. The molecule has 10 heteroatoms. The Kier molecular flexibility index (Phi) is 4.13. The second-order valence-corrected chi connectivity index (χ2v) is 7.50. The van der Waals surface area contributed by atoms with Gasteiger partial charge in [0.25, 0.3) is 5.91 Å². The SMILES string of the molecule is O=C1NC(=O)[C@](CCC(=O)N2Cc3cc(F)c(C(F)(F)F)cc3C2)(C2CC2)N1. The Hall–Kier alpha value is -2.65. The molecule has 0 radical (unpaired) electrons. The lowest BCUT2D eigenvalue weighted by atomic mass is 9.88. The summed E-state index contributed by atoms with van der Waals surface area (Å²) in [7, 11) is 0. The van der Waals surface area contributed by atoms with Crippen LogP contribution in [-0.4, -0.2) is 28.3 Å². The van der Waals surface area contributed by atoms with Crippen molar-refractivity contribution in [1.82, 2.24) is 15.5 Å². The lowest BCUT2D eigenvalue weighted by molar-refractivity contribution is -0.140. The van der Waals surface area contributed by atoms with Crippen molar-refractivity contribution in [3.05, 3.63) is 34.6 Å². The third-order valence-electron chi connectivity index (χ3n) is 5.65. The molecular weight excluding hydrogens is 382 g/mol. The molecule has 1 aromatic rings. The minimum Gasteiger partial charge on any atom is -0.334 e. The molecule has 1 saturated carbocycles. The lowest BCUT2D eigenvalue weighted by Gasteiger charge is -2.26.